The Balaban J connectivity index is 1.34. The van der Waals surface area contributed by atoms with Crippen LogP contribution in [0.5, 0.6) is 5.75 Å². The number of aromatic nitrogens is 2. The first-order valence-electron chi connectivity index (χ1n) is 12.1. The molecule has 0 amide bonds. The molecule has 0 saturated carbocycles. The summed E-state index contributed by atoms with van der Waals surface area (Å²) in [7, 11) is 4.08. The van der Waals surface area contributed by atoms with Crippen LogP contribution in [0, 0.1) is 0 Å². The highest BCUT2D eigenvalue weighted by Crippen LogP contribution is 2.35. The number of furan rings is 1. The molecule has 0 spiro atoms. The number of hydrogen-bond acceptors (Lipinski definition) is 9. The van der Waals surface area contributed by atoms with Gasteiger partial charge in [-0.3, -0.25) is 4.57 Å². The summed E-state index contributed by atoms with van der Waals surface area (Å²) in [5.74, 6) is 1.92. The molecular formula is C26H32N4O6. The van der Waals surface area contributed by atoms with Crippen LogP contribution >= 0.6 is 0 Å². The van der Waals surface area contributed by atoms with Gasteiger partial charge in [0, 0.05) is 18.0 Å². The summed E-state index contributed by atoms with van der Waals surface area (Å²) in [6.07, 6.45) is -3.27. The number of imidazole rings is 1. The summed E-state index contributed by atoms with van der Waals surface area (Å²) in [5, 5.41) is 34.7. The van der Waals surface area contributed by atoms with Crippen LogP contribution in [-0.4, -0.2) is 81.9 Å². The zero-order valence-electron chi connectivity index (χ0n) is 20.4. The second-order valence-corrected chi connectivity index (χ2v) is 9.29. The Bertz CT molecular complexity index is 1320. The van der Waals surface area contributed by atoms with Gasteiger partial charge in [-0.2, -0.15) is 0 Å². The summed E-state index contributed by atoms with van der Waals surface area (Å²) in [6, 6.07) is 15.2. The molecule has 10 nitrogen and oxygen atoms in total. The Labute approximate surface area is 208 Å². The van der Waals surface area contributed by atoms with E-state index in [-0.39, 0.29) is 0 Å². The number of aliphatic hydroxyl groups excluding tert-OH is 3. The van der Waals surface area contributed by atoms with Gasteiger partial charge in [-0.05, 0) is 50.8 Å². The van der Waals surface area contributed by atoms with Crippen molar-refractivity contribution in [2.24, 2.45) is 0 Å². The Morgan fingerprint density at radius 1 is 1.11 bits per heavy atom. The molecule has 1 aliphatic heterocycles. The van der Waals surface area contributed by atoms with Crippen LogP contribution in [0.25, 0.3) is 22.0 Å². The number of rotatable bonds is 10. The van der Waals surface area contributed by atoms with Crippen molar-refractivity contribution in [3.8, 4) is 5.75 Å². The molecule has 1 saturated heterocycles. The largest absolute Gasteiger partial charge is 0.493 e. The van der Waals surface area contributed by atoms with Crippen molar-refractivity contribution >= 4 is 28.0 Å². The van der Waals surface area contributed by atoms with Gasteiger partial charge < -0.3 is 39.4 Å². The first-order chi connectivity index (χ1) is 17.4. The molecule has 4 aromatic rings. The molecule has 2 aromatic heterocycles. The van der Waals surface area contributed by atoms with E-state index in [1.165, 1.54) is 0 Å². The van der Waals surface area contributed by atoms with E-state index in [9.17, 15) is 15.3 Å². The van der Waals surface area contributed by atoms with Gasteiger partial charge in [-0.1, -0.05) is 12.1 Å². The number of hydrogen-bond donors (Lipinski definition) is 4. The van der Waals surface area contributed by atoms with Crippen molar-refractivity contribution in [3.63, 3.8) is 0 Å². The average molecular weight is 497 g/mol. The van der Waals surface area contributed by atoms with Gasteiger partial charge in [0.1, 0.15) is 35.4 Å². The maximum absolute atomic E-state index is 10.6. The smallest absolute Gasteiger partial charge is 0.206 e. The second-order valence-electron chi connectivity index (χ2n) is 9.29. The van der Waals surface area contributed by atoms with Crippen LogP contribution in [0.1, 0.15) is 18.4 Å². The van der Waals surface area contributed by atoms with E-state index in [0.717, 1.165) is 35.2 Å². The minimum absolute atomic E-state index is 0.339. The minimum atomic E-state index is -1.22. The maximum Gasteiger partial charge on any atom is 0.206 e. The fourth-order valence-corrected chi connectivity index (χ4v) is 4.50. The standard InChI is InChI=1S/C26H32N4O6/c1-29(2)10-5-11-34-17-9-8-16-12-18(35-21(16)13-17)14-27-26-28-19-6-3-4-7-20(19)30(26)25-24(33)23(32)22(15-31)36-25/h3-4,6-9,12-13,22-25,31-33H,5,10-11,14-15H2,1-2H3,(H,27,28)/t22-,23-,24-,25-/m1/s1. The lowest BCUT2D eigenvalue weighted by Gasteiger charge is -2.20. The van der Waals surface area contributed by atoms with Crippen molar-refractivity contribution in [2.45, 2.75) is 37.5 Å². The molecule has 0 bridgehead atoms. The van der Waals surface area contributed by atoms with Crippen molar-refractivity contribution < 1.29 is 29.2 Å². The molecule has 192 valence electrons. The van der Waals surface area contributed by atoms with Crippen LogP contribution in [-0.2, 0) is 11.3 Å². The van der Waals surface area contributed by atoms with E-state index >= 15 is 0 Å². The van der Waals surface area contributed by atoms with Gasteiger partial charge in [-0.15, -0.1) is 0 Å². The van der Waals surface area contributed by atoms with E-state index in [1.54, 1.807) is 4.57 Å². The zero-order valence-corrected chi connectivity index (χ0v) is 20.4. The van der Waals surface area contributed by atoms with Crippen molar-refractivity contribution in [3.05, 3.63) is 54.3 Å². The first-order valence-corrected chi connectivity index (χ1v) is 12.1. The lowest BCUT2D eigenvalue weighted by Crippen LogP contribution is -2.33. The number of aliphatic hydroxyl groups is 3. The van der Waals surface area contributed by atoms with Gasteiger partial charge in [0.15, 0.2) is 6.23 Å². The molecule has 2 aromatic carbocycles. The highest BCUT2D eigenvalue weighted by atomic mass is 16.6. The minimum Gasteiger partial charge on any atom is -0.493 e. The predicted molar refractivity (Wildman–Crippen MR) is 135 cm³/mol. The van der Waals surface area contributed by atoms with Gasteiger partial charge >= 0.3 is 0 Å². The average Bonchev–Trinajstić information content (AvgIpc) is 3.53. The summed E-state index contributed by atoms with van der Waals surface area (Å²) in [4.78, 5) is 6.78. The highest BCUT2D eigenvalue weighted by molar-refractivity contribution is 5.80. The monoisotopic (exact) mass is 496 g/mol. The Morgan fingerprint density at radius 3 is 2.72 bits per heavy atom. The lowest BCUT2D eigenvalue weighted by atomic mass is 10.1. The van der Waals surface area contributed by atoms with Crippen LogP contribution in [0.4, 0.5) is 5.95 Å². The summed E-state index contributed by atoms with van der Waals surface area (Å²) in [5.41, 5.74) is 2.17. The van der Waals surface area contributed by atoms with Gasteiger partial charge in [0.05, 0.1) is 30.8 Å². The molecule has 36 heavy (non-hydrogen) atoms. The normalized spacial score (nSPS) is 22.2. The summed E-state index contributed by atoms with van der Waals surface area (Å²) < 4.78 is 19.4. The Kier molecular flexibility index (Phi) is 7.13. The SMILES string of the molecule is CN(C)CCCOc1ccc2cc(CNc3nc4ccccc4n3[C@@H]3O[C@H](CO)[C@@H](O)[C@H]3O)oc2c1. The molecule has 4 N–H and O–H groups in total. The van der Waals surface area contributed by atoms with Gasteiger partial charge in [0.2, 0.25) is 5.95 Å². The predicted octanol–water partition coefficient (Wildman–Crippen LogP) is 2.34. The van der Waals surface area contributed by atoms with E-state index in [4.69, 9.17) is 13.9 Å². The number of fused-ring (bicyclic) bond motifs is 2. The number of nitrogens with one attached hydrogen (secondary N) is 1. The Morgan fingerprint density at radius 2 is 1.94 bits per heavy atom. The summed E-state index contributed by atoms with van der Waals surface area (Å²) in [6.45, 7) is 1.54. The van der Waals surface area contributed by atoms with Crippen LogP contribution in [0.2, 0.25) is 0 Å². The molecule has 0 radical (unpaired) electrons. The molecule has 0 unspecified atom stereocenters. The molecule has 1 aliphatic rings. The van der Waals surface area contributed by atoms with Crippen LogP contribution < -0.4 is 10.1 Å². The van der Waals surface area contributed by atoms with E-state index in [1.807, 2.05) is 62.6 Å². The number of anilines is 1. The molecule has 5 rings (SSSR count). The zero-order chi connectivity index (χ0) is 25.2. The summed E-state index contributed by atoms with van der Waals surface area (Å²) >= 11 is 0. The molecule has 4 atom stereocenters. The Hall–Kier alpha value is -3.15. The fourth-order valence-electron chi connectivity index (χ4n) is 4.50. The van der Waals surface area contributed by atoms with E-state index in [2.05, 4.69) is 15.2 Å². The molecule has 3 heterocycles. The van der Waals surface area contributed by atoms with Crippen LogP contribution in [0.3, 0.4) is 0 Å². The van der Waals surface area contributed by atoms with Crippen LogP contribution in [0.15, 0.2) is 52.9 Å². The number of benzene rings is 2. The molecule has 1 fully saturated rings. The number of ether oxygens (including phenoxy) is 2. The first kappa shape index (κ1) is 24.5. The lowest BCUT2D eigenvalue weighted by molar-refractivity contribution is -0.0499. The maximum atomic E-state index is 10.6. The molecule has 0 aliphatic carbocycles. The number of para-hydroxylation sites is 2. The van der Waals surface area contributed by atoms with Gasteiger partial charge in [0.25, 0.3) is 0 Å². The van der Waals surface area contributed by atoms with E-state index in [0.29, 0.717) is 30.4 Å². The third-order valence-corrected chi connectivity index (χ3v) is 6.35. The third-order valence-electron chi connectivity index (χ3n) is 6.35. The molecule has 10 heteroatoms. The quantitative estimate of drug-likeness (QED) is 0.245. The van der Waals surface area contributed by atoms with Gasteiger partial charge in [-0.25, -0.2) is 4.98 Å². The van der Waals surface area contributed by atoms with Crippen molar-refractivity contribution in [1.29, 1.82) is 0 Å². The fraction of sp³-hybridized carbons (Fsp3) is 0.423. The topological polar surface area (TPSA) is 125 Å². The highest BCUT2D eigenvalue weighted by Gasteiger charge is 2.44. The van der Waals surface area contributed by atoms with Crippen molar-refractivity contribution in [2.75, 3.05) is 39.2 Å². The number of nitrogens with zero attached hydrogens (tertiary/aromatic N) is 3. The van der Waals surface area contributed by atoms with E-state index < -0.39 is 31.1 Å². The third kappa shape index (κ3) is 4.91. The molecular weight excluding hydrogens is 464 g/mol. The van der Waals surface area contributed by atoms with Crippen molar-refractivity contribution in [1.82, 2.24) is 14.5 Å². The second kappa shape index (κ2) is 10.5.